The van der Waals surface area contributed by atoms with Crippen molar-refractivity contribution >= 4 is 17.7 Å². The molecule has 3 fully saturated rings. The average Bonchev–Trinajstić information content (AvgIpc) is 3.07. The Morgan fingerprint density at radius 2 is 1.77 bits per heavy atom. The van der Waals surface area contributed by atoms with E-state index < -0.39 is 5.54 Å². The molecule has 1 aromatic rings. The summed E-state index contributed by atoms with van der Waals surface area (Å²) in [7, 11) is 0. The second kappa shape index (κ2) is 9.14. The third-order valence-corrected chi connectivity index (χ3v) is 6.84. The molecule has 0 radical (unpaired) electrons. The molecule has 7 heteroatoms. The van der Waals surface area contributed by atoms with Gasteiger partial charge < -0.3 is 14.7 Å². The van der Waals surface area contributed by atoms with Gasteiger partial charge in [-0.3, -0.25) is 19.4 Å². The summed E-state index contributed by atoms with van der Waals surface area (Å²) >= 11 is 0. The number of carbonyl (C=O) groups is 3. The second-order valence-electron chi connectivity index (χ2n) is 8.77. The monoisotopic (exact) mass is 412 g/mol. The summed E-state index contributed by atoms with van der Waals surface area (Å²) in [5.41, 5.74) is 0.172. The lowest BCUT2D eigenvalue weighted by Gasteiger charge is -2.44. The summed E-state index contributed by atoms with van der Waals surface area (Å²) in [6.07, 6.45) is 8.89. The van der Waals surface area contributed by atoms with Gasteiger partial charge in [0.25, 0.3) is 0 Å². The van der Waals surface area contributed by atoms with E-state index in [-0.39, 0.29) is 17.7 Å². The van der Waals surface area contributed by atoms with Crippen molar-refractivity contribution in [3.63, 3.8) is 0 Å². The average molecular weight is 413 g/mol. The molecule has 1 unspecified atom stereocenters. The summed E-state index contributed by atoms with van der Waals surface area (Å²) in [5.74, 6) is 0.236. The van der Waals surface area contributed by atoms with Gasteiger partial charge in [0.2, 0.25) is 17.7 Å². The molecule has 30 heavy (non-hydrogen) atoms. The zero-order valence-electron chi connectivity index (χ0n) is 17.7. The van der Waals surface area contributed by atoms with Crippen molar-refractivity contribution in [3.05, 3.63) is 30.1 Å². The number of aromatic nitrogens is 1. The van der Waals surface area contributed by atoms with Gasteiger partial charge in [-0.05, 0) is 50.7 Å². The molecule has 0 saturated carbocycles. The smallest absolute Gasteiger partial charge is 0.248 e. The Morgan fingerprint density at radius 1 is 0.967 bits per heavy atom. The number of nitrogens with zero attached hydrogens (tertiary/aromatic N) is 4. The van der Waals surface area contributed by atoms with Crippen LogP contribution in [0.4, 0.5) is 0 Å². The predicted molar refractivity (Wildman–Crippen MR) is 112 cm³/mol. The van der Waals surface area contributed by atoms with Crippen molar-refractivity contribution in [2.45, 2.75) is 69.9 Å². The molecule has 1 spiro atoms. The van der Waals surface area contributed by atoms with Crippen molar-refractivity contribution in [2.75, 3.05) is 26.2 Å². The molecule has 4 heterocycles. The number of amides is 3. The minimum absolute atomic E-state index is 0.0117. The summed E-state index contributed by atoms with van der Waals surface area (Å²) in [6.45, 7) is 3.05. The number of rotatable bonds is 5. The number of hydrogen-bond acceptors (Lipinski definition) is 4. The third-order valence-electron chi connectivity index (χ3n) is 6.84. The van der Waals surface area contributed by atoms with Crippen LogP contribution in [-0.2, 0) is 20.9 Å². The first kappa shape index (κ1) is 20.8. The fourth-order valence-electron chi connectivity index (χ4n) is 5.27. The molecule has 3 saturated heterocycles. The SMILES string of the molecule is O=C1CCCCCN1CCC(=O)N1CCCC12CCCN(Cc1ccccn1)C2=O. The normalized spacial score (nSPS) is 25.1. The second-order valence-corrected chi connectivity index (χ2v) is 8.77. The number of carbonyl (C=O) groups excluding carboxylic acids is 3. The molecule has 1 aromatic heterocycles. The van der Waals surface area contributed by atoms with Gasteiger partial charge in [-0.2, -0.15) is 0 Å². The van der Waals surface area contributed by atoms with Crippen LogP contribution in [0.25, 0.3) is 0 Å². The Labute approximate surface area is 178 Å². The number of pyridine rings is 1. The summed E-state index contributed by atoms with van der Waals surface area (Å²) in [4.78, 5) is 48.8. The lowest BCUT2D eigenvalue weighted by molar-refractivity contribution is -0.156. The van der Waals surface area contributed by atoms with E-state index in [1.165, 1.54) is 0 Å². The van der Waals surface area contributed by atoms with E-state index in [0.29, 0.717) is 39.0 Å². The van der Waals surface area contributed by atoms with Gasteiger partial charge in [-0.1, -0.05) is 12.5 Å². The van der Waals surface area contributed by atoms with Gasteiger partial charge in [0, 0.05) is 45.2 Å². The minimum Gasteiger partial charge on any atom is -0.342 e. The predicted octanol–water partition coefficient (Wildman–Crippen LogP) is 2.36. The van der Waals surface area contributed by atoms with Crippen LogP contribution in [0.3, 0.4) is 0 Å². The van der Waals surface area contributed by atoms with Crippen LogP contribution in [0, 0.1) is 0 Å². The van der Waals surface area contributed by atoms with E-state index in [4.69, 9.17) is 0 Å². The Balaban J connectivity index is 1.42. The van der Waals surface area contributed by atoms with Crippen LogP contribution in [-0.4, -0.2) is 69.1 Å². The highest BCUT2D eigenvalue weighted by Gasteiger charge is 2.52. The fraction of sp³-hybridized carbons (Fsp3) is 0.652. The van der Waals surface area contributed by atoms with Crippen molar-refractivity contribution in [2.24, 2.45) is 0 Å². The molecule has 3 aliphatic heterocycles. The van der Waals surface area contributed by atoms with Crippen molar-refractivity contribution in [3.8, 4) is 0 Å². The van der Waals surface area contributed by atoms with Gasteiger partial charge in [0.15, 0.2) is 0 Å². The maximum atomic E-state index is 13.5. The molecule has 7 nitrogen and oxygen atoms in total. The van der Waals surface area contributed by atoms with Crippen molar-refractivity contribution in [1.82, 2.24) is 19.7 Å². The van der Waals surface area contributed by atoms with Crippen LogP contribution in [0.15, 0.2) is 24.4 Å². The Morgan fingerprint density at radius 3 is 2.57 bits per heavy atom. The van der Waals surface area contributed by atoms with Crippen LogP contribution in [0.2, 0.25) is 0 Å². The Hall–Kier alpha value is -2.44. The van der Waals surface area contributed by atoms with E-state index in [1.807, 2.05) is 32.9 Å². The maximum Gasteiger partial charge on any atom is 0.248 e. The number of piperidine rings is 1. The summed E-state index contributed by atoms with van der Waals surface area (Å²) in [5, 5.41) is 0. The molecule has 4 rings (SSSR count). The van der Waals surface area contributed by atoms with Gasteiger partial charge in [0.05, 0.1) is 12.2 Å². The van der Waals surface area contributed by atoms with Crippen molar-refractivity contribution in [1.29, 1.82) is 0 Å². The van der Waals surface area contributed by atoms with Gasteiger partial charge in [0.1, 0.15) is 5.54 Å². The van der Waals surface area contributed by atoms with E-state index in [2.05, 4.69) is 4.98 Å². The Bertz CT molecular complexity index is 784. The molecule has 0 bridgehead atoms. The molecule has 3 amide bonds. The highest BCUT2D eigenvalue weighted by molar-refractivity contribution is 5.93. The lowest BCUT2D eigenvalue weighted by Crippen LogP contribution is -2.61. The van der Waals surface area contributed by atoms with Crippen LogP contribution in [0.1, 0.15) is 63.5 Å². The van der Waals surface area contributed by atoms with Crippen LogP contribution in [0.5, 0.6) is 0 Å². The fourth-order valence-corrected chi connectivity index (χ4v) is 5.27. The van der Waals surface area contributed by atoms with Gasteiger partial charge >= 0.3 is 0 Å². The molecule has 0 N–H and O–H groups in total. The zero-order chi connectivity index (χ0) is 21.0. The molecule has 3 aliphatic rings. The topological polar surface area (TPSA) is 73.8 Å². The lowest BCUT2D eigenvalue weighted by atomic mass is 9.85. The molecule has 1 atom stereocenters. The summed E-state index contributed by atoms with van der Waals surface area (Å²) < 4.78 is 0. The van der Waals surface area contributed by atoms with Gasteiger partial charge in [-0.15, -0.1) is 0 Å². The highest BCUT2D eigenvalue weighted by atomic mass is 16.2. The first-order chi connectivity index (χ1) is 14.6. The zero-order valence-corrected chi connectivity index (χ0v) is 17.7. The van der Waals surface area contributed by atoms with Crippen molar-refractivity contribution < 1.29 is 14.4 Å². The molecular weight excluding hydrogens is 380 g/mol. The molecule has 162 valence electrons. The van der Waals surface area contributed by atoms with Crippen LogP contribution >= 0.6 is 0 Å². The van der Waals surface area contributed by atoms with Crippen LogP contribution < -0.4 is 0 Å². The number of hydrogen-bond donors (Lipinski definition) is 0. The molecule has 0 aromatic carbocycles. The Kier molecular flexibility index (Phi) is 6.35. The van der Waals surface area contributed by atoms with E-state index in [1.54, 1.807) is 6.20 Å². The van der Waals surface area contributed by atoms with E-state index in [0.717, 1.165) is 57.2 Å². The summed E-state index contributed by atoms with van der Waals surface area (Å²) in [6, 6.07) is 5.74. The third kappa shape index (κ3) is 4.20. The number of likely N-dealkylation sites (tertiary alicyclic amines) is 3. The maximum absolute atomic E-state index is 13.5. The van der Waals surface area contributed by atoms with E-state index in [9.17, 15) is 14.4 Å². The standard InChI is InChI=1S/C23H32N4O3/c28-20-9-2-1-5-14-25(20)17-10-21(29)27-16-7-12-23(27)11-6-15-26(22(23)30)18-19-8-3-4-13-24-19/h3-4,8,13H,1-2,5-7,9-12,14-18H2. The molecule has 0 aliphatic carbocycles. The minimum atomic E-state index is -0.701. The first-order valence-corrected chi connectivity index (χ1v) is 11.4. The largest absolute Gasteiger partial charge is 0.342 e. The quantitative estimate of drug-likeness (QED) is 0.744. The first-order valence-electron chi connectivity index (χ1n) is 11.4. The molecular formula is C23H32N4O3. The van der Waals surface area contributed by atoms with Gasteiger partial charge in [-0.25, -0.2) is 0 Å². The van der Waals surface area contributed by atoms with E-state index >= 15 is 0 Å². The highest BCUT2D eigenvalue weighted by Crippen LogP contribution is 2.39.